The molecule has 4 rings (SSSR count). The first-order valence-electron chi connectivity index (χ1n) is 7.63. The number of carbonyl (C=O) groups is 3. The minimum Gasteiger partial charge on any atom is -0.320 e. The third kappa shape index (κ3) is 2.19. The zero-order valence-corrected chi connectivity index (χ0v) is 12.3. The molecule has 0 spiro atoms. The Balaban J connectivity index is 1.38. The molecule has 118 valence electrons. The fourth-order valence-electron chi connectivity index (χ4n) is 3.88. The van der Waals surface area contributed by atoms with E-state index in [0.717, 1.165) is 6.42 Å². The number of pyridine rings is 1. The maximum absolute atomic E-state index is 12.4. The van der Waals surface area contributed by atoms with Crippen molar-refractivity contribution in [2.45, 2.75) is 6.42 Å². The number of urea groups is 1. The van der Waals surface area contributed by atoms with E-state index in [0.29, 0.717) is 5.69 Å². The second kappa shape index (κ2) is 5.19. The van der Waals surface area contributed by atoms with Crippen molar-refractivity contribution < 1.29 is 14.4 Å². The van der Waals surface area contributed by atoms with Crippen LogP contribution in [0.5, 0.6) is 0 Å². The average Bonchev–Trinajstić information content (AvgIpc) is 3.22. The standard InChI is InChI=1S/C16H16N4O3/c21-14-12-9-3-4-10(6-9)13(12)15(22)20(14)8-18-16(23)19-11-2-1-5-17-7-11/h1-5,7,9-10,12-13H,6,8H2,(H2,18,19,23)/t9-,10-,12+,13+/m0/s1. The summed E-state index contributed by atoms with van der Waals surface area (Å²) in [6.07, 6.45) is 8.10. The van der Waals surface area contributed by atoms with Crippen LogP contribution < -0.4 is 10.6 Å². The van der Waals surface area contributed by atoms with Crippen LogP contribution in [0.2, 0.25) is 0 Å². The van der Waals surface area contributed by atoms with E-state index >= 15 is 0 Å². The SMILES string of the molecule is O=C(NCN1C(=O)[C@H]2[C@H](C1=O)[C@H]1C=C[C@H]2C1)Nc1cccnc1. The highest BCUT2D eigenvalue weighted by Gasteiger charge is 2.59. The normalized spacial score (nSPS) is 30.7. The summed E-state index contributed by atoms with van der Waals surface area (Å²) in [7, 11) is 0. The Morgan fingerprint density at radius 1 is 1.22 bits per heavy atom. The summed E-state index contributed by atoms with van der Waals surface area (Å²) in [5.41, 5.74) is 0.545. The van der Waals surface area contributed by atoms with Gasteiger partial charge in [0.25, 0.3) is 0 Å². The molecule has 2 heterocycles. The highest BCUT2D eigenvalue weighted by Crippen LogP contribution is 2.52. The van der Waals surface area contributed by atoms with Crippen LogP contribution in [0.1, 0.15) is 6.42 Å². The van der Waals surface area contributed by atoms with E-state index in [1.165, 1.54) is 11.1 Å². The number of nitrogens with one attached hydrogen (secondary N) is 2. The Morgan fingerprint density at radius 2 is 1.91 bits per heavy atom. The molecule has 7 heteroatoms. The van der Waals surface area contributed by atoms with Crippen molar-refractivity contribution in [1.82, 2.24) is 15.2 Å². The predicted molar refractivity (Wildman–Crippen MR) is 80.8 cm³/mol. The molecule has 4 amide bonds. The van der Waals surface area contributed by atoms with Gasteiger partial charge in [-0.3, -0.25) is 19.5 Å². The topological polar surface area (TPSA) is 91.4 Å². The third-order valence-electron chi connectivity index (χ3n) is 4.88. The van der Waals surface area contributed by atoms with Crippen LogP contribution in [0.15, 0.2) is 36.7 Å². The van der Waals surface area contributed by atoms with Crippen LogP contribution in [-0.2, 0) is 9.59 Å². The number of nitrogens with zero attached hydrogens (tertiary/aromatic N) is 2. The van der Waals surface area contributed by atoms with Gasteiger partial charge in [0.1, 0.15) is 6.67 Å². The minimum absolute atomic E-state index is 0.101. The van der Waals surface area contributed by atoms with Gasteiger partial charge >= 0.3 is 6.03 Å². The molecule has 1 saturated carbocycles. The molecular formula is C16H16N4O3. The first-order valence-corrected chi connectivity index (χ1v) is 7.63. The average molecular weight is 312 g/mol. The summed E-state index contributed by atoms with van der Waals surface area (Å²) in [5, 5.41) is 5.16. The molecule has 4 atom stereocenters. The summed E-state index contributed by atoms with van der Waals surface area (Å²) in [4.78, 5) is 41.8. The van der Waals surface area contributed by atoms with Crippen LogP contribution in [0.3, 0.4) is 0 Å². The van der Waals surface area contributed by atoms with Gasteiger partial charge in [-0.25, -0.2) is 4.79 Å². The summed E-state index contributed by atoms with van der Waals surface area (Å²) in [6.45, 7) is -0.101. The number of hydrogen-bond donors (Lipinski definition) is 2. The van der Waals surface area contributed by atoms with Crippen molar-refractivity contribution in [3.63, 3.8) is 0 Å². The lowest BCUT2D eigenvalue weighted by atomic mass is 9.85. The van der Waals surface area contributed by atoms with E-state index in [1.807, 2.05) is 12.2 Å². The number of hydrogen-bond acceptors (Lipinski definition) is 4. The Kier molecular flexibility index (Phi) is 3.14. The van der Waals surface area contributed by atoms with Crippen LogP contribution >= 0.6 is 0 Å². The third-order valence-corrected chi connectivity index (χ3v) is 4.88. The summed E-state index contributed by atoms with van der Waals surface area (Å²) in [5.74, 6) is -0.454. The molecule has 2 bridgehead atoms. The lowest BCUT2D eigenvalue weighted by Crippen LogP contribution is -2.43. The fourth-order valence-corrected chi connectivity index (χ4v) is 3.88. The van der Waals surface area contributed by atoms with Gasteiger partial charge in [-0.2, -0.15) is 0 Å². The Labute approximate surface area is 132 Å². The first-order chi connectivity index (χ1) is 11.1. The van der Waals surface area contributed by atoms with Crippen LogP contribution in [0.4, 0.5) is 10.5 Å². The zero-order chi connectivity index (χ0) is 16.0. The second-order valence-corrected chi connectivity index (χ2v) is 6.14. The number of carbonyl (C=O) groups excluding carboxylic acids is 3. The van der Waals surface area contributed by atoms with Crippen molar-refractivity contribution in [2.75, 3.05) is 12.0 Å². The maximum Gasteiger partial charge on any atom is 0.320 e. The van der Waals surface area contributed by atoms with Crippen LogP contribution in [0, 0.1) is 23.7 Å². The highest BCUT2D eigenvalue weighted by atomic mass is 16.2. The number of aromatic nitrogens is 1. The van der Waals surface area contributed by atoms with E-state index in [2.05, 4.69) is 15.6 Å². The second-order valence-electron chi connectivity index (χ2n) is 6.14. The molecule has 2 N–H and O–H groups in total. The summed E-state index contributed by atoms with van der Waals surface area (Å²) >= 11 is 0. The van der Waals surface area contributed by atoms with Gasteiger partial charge in [0, 0.05) is 6.20 Å². The summed E-state index contributed by atoms with van der Waals surface area (Å²) < 4.78 is 0. The number of rotatable bonds is 3. The van der Waals surface area contributed by atoms with Gasteiger partial charge < -0.3 is 10.6 Å². The predicted octanol–water partition coefficient (Wildman–Crippen LogP) is 0.968. The number of likely N-dealkylation sites (tertiary alicyclic amines) is 1. The number of imide groups is 1. The molecular weight excluding hydrogens is 296 g/mol. The largest absolute Gasteiger partial charge is 0.320 e. The van der Waals surface area contributed by atoms with Crippen molar-refractivity contribution in [3.8, 4) is 0 Å². The quantitative estimate of drug-likeness (QED) is 0.642. The zero-order valence-electron chi connectivity index (χ0n) is 12.3. The van der Waals surface area contributed by atoms with E-state index in [9.17, 15) is 14.4 Å². The van der Waals surface area contributed by atoms with Crippen LogP contribution in [0.25, 0.3) is 0 Å². The van der Waals surface area contributed by atoms with Gasteiger partial charge in [-0.05, 0) is 30.4 Å². The molecule has 23 heavy (non-hydrogen) atoms. The maximum atomic E-state index is 12.4. The molecule has 1 saturated heterocycles. The lowest BCUT2D eigenvalue weighted by Gasteiger charge is -2.17. The van der Waals surface area contributed by atoms with Crippen molar-refractivity contribution in [1.29, 1.82) is 0 Å². The molecule has 7 nitrogen and oxygen atoms in total. The Morgan fingerprint density at radius 3 is 2.52 bits per heavy atom. The first kappa shape index (κ1) is 13.9. The molecule has 1 aromatic rings. The van der Waals surface area contributed by atoms with Gasteiger partial charge in [-0.15, -0.1) is 0 Å². The monoisotopic (exact) mass is 312 g/mol. The van der Waals surface area contributed by atoms with Gasteiger partial charge in [0.2, 0.25) is 11.8 Å². The number of amides is 4. The van der Waals surface area contributed by atoms with Gasteiger partial charge in [-0.1, -0.05) is 12.2 Å². The van der Waals surface area contributed by atoms with Crippen molar-refractivity contribution >= 4 is 23.5 Å². The van der Waals surface area contributed by atoms with E-state index in [-0.39, 0.29) is 42.2 Å². The van der Waals surface area contributed by atoms with E-state index in [1.54, 1.807) is 18.3 Å². The minimum atomic E-state index is -0.475. The Bertz CT molecular complexity index is 673. The van der Waals surface area contributed by atoms with Gasteiger partial charge in [0.05, 0.1) is 23.7 Å². The van der Waals surface area contributed by atoms with Crippen molar-refractivity contribution in [2.24, 2.45) is 23.7 Å². The molecule has 0 unspecified atom stereocenters. The molecule has 3 aliphatic rings. The van der Waals surface area contributed by atoms with Crippen molar-refractivity contribution in [3.05, 3.63) is 36.7 Å². The van der Waals surface area contributed by atoms with E-state index in [4.69, 9.17) is 0 Å². The van der Waals surface area contributed by atoms with E-state index < -0.39 is 6.03 Å². The highest BCUT2D eigenvalue weighted by molar-refractivity contribution is 6.06. The molecule has 1 aliphatic heterocycles. The molecule has 0 aromatic carbocycles. The molecule has 0 radical (unpaired) electrons. The van der Waals surface area contributed by atoms with Crippen LogP contribution in [-0.4, -0.2) is 34.4 Å². The fraction of sp³-hybridized carbons (Fsp3) is 0.375. The molecule has 2 aliphatic carbocycles. The molecule has 1 aromatic heterocycles. The number of allylic oxidation sites excluding steroid dienone is 2. The summed E-state index contributed by atoms with van der Waals surface area (Å²) in [6, 6.07) is 2.93. The Hall–Kier alpha value is -2.70. The number of anilines is 1. The molecule has 2 fully saturated rings. The lowest BCUT2D eigenvalue weighted by molar-refractivity contribution is -0.140. The smallest absolute Gasteiger partial charge is 0.320 e. The number of fused-ring (bicyclic) bond motifs is 5. The van der Waals surface area contributed by atoms with Gasteiger partial charge in [0.15, 0.2) is 0 Å².